The van der Waals surface area contributed by atoms with E-state index in [-0.39, 0.29) is 23.6 Å². The number of benzene rings is 1. The smallest absolute Gasteiger partial charge is 0.253 e. The van der Waals surface area contributed by atoms with Gasteiger partial charge in [0.05, 0.1) is 36.1 Å². The second-order valence-corrected chi connectivity index (χ2v) is 8.58. The number of carbonyl (C=O) groups is 1. The predicted octanol–water partition coefficient (Wildman–Crippen LogP) is 0.871. The van der Waals surface area contributed by atoms with E-state index in [0.717, 1.165) is 10.9 Å². The number of rotatable bonds is 5. The summed E-state index contributed by atoms with van der Waals surface area (Å²) in [6.07, 6.45) is 1.53. The Balaban J connectivity index is 1.72. The van der Waals surface area contributed by atoms with Crippen LogP contribution >= 0.6 is 0 Å². The first-order valence-electron chi connectivity index (χ1n) is 8.00. The molecule has 25 heavy (non-hydrogen) atoms. The van der Waals surface area contributed by atoms with Crippen LogP contribution in [0.4, 0.5) is 0 Å². The molecule has 0 radical (unpaired) electrons. The van der Waals surface area contributed by atoms with E-state index in [2.05, 4.69) is 10.3 Å². The lowest BCUT2D eigenvalue weighted by molar-refractivity contribution is 0.0926. The molecule has 2 heterocycles. The molecule has 1 fully saturated rings. The van der Waals surface area contributed by atoms with Crippen LogP contribution in [0.3, 0.4) is 0 Å². The standard InChI is InChI=1S/C17H21N3O4S/c1-20(2)25(22,23)11-14-9-24-10-16(14)19-17(21)13-7-12-5-3-4-6-15(12)18-8-13/h3-8,14,16H,9-11H2,1-2H3,(H,19,21). The van der Waals surface area contributed by atoms with Crippen molar-refractivity contribution < 1.29 is 17.9 Å². The van der Waals surface area contributed by atoms with Crippen LogP contribution in [0, 0.1) is 5.92 Å². The van der Waals surface area contributed by atoms with Crippen LogP contribution in [-0.2, 0) is 14.8 Å². The molecule has 2 unspecified atom stereocenters. The van der Waals surface area contributed by atoms with Gasteiger partial charge in [-0.3, -0.25) is 9.78 Å². The molecule has 1 saturated heterocycles. The predicted molar refractivity (Wildman–Crippen MR) is 94.8 cm³/mol. The number of amides is 1. The van der Waals surface area contributed by atoms with E-state index in [9.17, 15) is 13.2 Å². The van der Waals surface area contributed by atoms with Gasteiger partial charge in [-0.05, 0) is 12.1 Å². The van der Waals surface area contributed by atoms with Crippen molar-refractivity contribution in [2.24, 2.45) is 5.92 Å². The van der Waals surface area contributed by atoms with Crippen LogP contribution in [0.25, 0.3) is 10.9 Å². The Hall–Kier alpha value is -2.03. The van der Waals surface area contributed by atoms with Gasteiger partial charge in [-0.2, -0.15) is 0 Å². The molecule has 1 amide bonds. The number of ether oxygens (including phenoxy) is 1. The molecule has 2 atom stereocenters. The summed E-state index contributed by atoms with van der Waals surface area (Å²) < 4.78 is 30.7. The molecule has 1 aromatic heterocycles. The van der Waals surface area contributed by atoms with Crippen molar-refractivity contribution in [1.82, 2.24) is 14.6 Å². The summed E-state index contributed by atoms with van der Waals surface area (Å²) in [6, 6.07) is 8.99. The van der Waals surface area contributed by atoms with E-state index in [1.54, 1.807) is 6.07 Å². The Morgan fingerprint density at radius 2 is 2.08 bits per heavy atom. The van der Waals surface area contributed by atoms with Crippen molar-refractivity contribution in [2.75, 3.05) is 33.1 Å². The lowest BCUT2D eigenvalue weighted by Crippen LogP contribution is -2.43. The second-order valence-electron chi connectivity index (χ2n) is 6.36. The lowest BCUT2D eigenvalue weighted by Gasteiger charge is -2.21. The number of nitrogens with zero attached hydrogens (tertiary/aromatic N) is 2. The molecule has 0 saturated carbocycles. The van der Waals surface area contributed by atoms with Gasteiger partial charge in [-0.15, -0.1) is 0 Å². The molecule has 2 aromatic rings. The van der Waals surface area contributed by atoms with Gasteiger partial charge in [0.15, 0.2) is 0 Å². The van der Waals surface area contributed by atoms with E-state index in [0.29, 0.717) is 18.8 Å². The molecule has 7 nitrogen and oxygen atoms in total. The molecular weight excluding hydrogens is 342 g/mol. The van der Waals surface area contributed by atoms with E-state index in [1.807, 2.05) is 24.3 Å². The van der Waals surface area contributed by atoms with Crippen LogP contribution in [-0.4, -0.2) is 62.7 Å². The van der Waals surface area contributed by atoms with Gasteiger partial charge in [0.1, 0.15) is 0 Å². The normalized spacial score (nSPS) is 20.9. The average Bonchev–Trinajstić information content (AvgIpc) is 3.00. The third kappa shape index (κ3) is 3.97. The molecule has 1 aliphatic rings. The molecule has 0 spiro atoms. The second kappa shape index (κ2) is 7.07. The fourth-order valence-corrected chi connectivity index (χ4v) is 3.96. The van der Waals surface area contributed by atoms with Crippen LogP contribution in [0.1, 0.15) is 10.4 Å². The molecule has 3 rings (SSSR count). The summed E-state index contributed by atoms with van der Waals surface area (Å²) in [5.41, 5.74) is 1.26. The zero-order chi connectivity index (χ0) is 18.0. The van der Waals surface area contributed by atoms with Crippen LogP contribution < -0.4 is 5.32 Å². The molecule has 0 bridgehead atoms. The number of hydrogen-bond acceptors (Lipinski definition) is 5. The molecule has 0 aliphatic carbocycles. The topological polar surface area (TPSA) is 88.6 Å². The van der Waals surface area contributed by atoms with Crippen molar-refractivity contribution in [1.29, 1.82) is 0 Å². The summed E-state index contributed by atoms with van der Waals surface area (Å²) in [6.45, 7) is 0.619. The van der Waals surface area contributed by atoms with Gasteiger partial charge in [0.2, 0.25) is 10.0 Å². The Labute approximate surface area is 147 Å². The molecular formula is C17H21N3O4S. The molecule has 1 aromatic carbocycles. The minimum atomic E-state index is -3.35. The average molecular weight is 363 g/mol. The fraction of sp³-hybridized carbons (Fsp3) is 0.412. The maximum atomic E-state index is 12.5. The van der Waals surface area contributed by atoms with Gasteiger partial charge in [-0.1, -0.05) is 18.2 Å². The van der Waals surface area contributed by atoms with Crippen LogP contribution in [0.15, 0.2) is 36.5 Å². The largest absolute Gasteiger partial charge is 0.379 e. The van der Waals surface area contributed by atoms with Gasteiger partial charge in [-0.25, -0.2) is 12.7 Å². The Morgan fingerprint density at radius 3 is 2.84 bits per heavy atom. The van der Waals surface area contributed by atoms with Gasteiger partial charge < -0.3 is 10.1 Å². The maximum Gasteiger partial charge on any atom is 0.253 e. The first kappa shape index (κ1) is 17.8. The zero-order valence-electron chi connectivity index (χ0n) is 14.2. The summed E-state index contributed by atoms with van der Waals surface area (Å²) in [5.74, 6) is -0.605. The third-order valence-electron chi connectivity index (χ3n) is 4.35. The highest BCUT2D eigenvalue weighted by atomic mass is 32.2. The lowest BCUT2D eigenvalue weighted by atomic mass is 10.1. The molecule has 8 heteroatoms. The quantitative estimate of drug-likeness (QED) is 0.852. The first-order chi connectivity index (χ1) is 11.9. The summed E-state index contributed by atoms with van der Waals surface area (Å²) in [4.78, 5) is 16.8. The summed E-state index contributed by atoms with van der Waals surface area (Å²) in [7, 11) is -0.355. The number of carbonyl (C=O) groups excluding carboxylic acids is 1. The van der Waals surface area contributed by atoms with Crippen LogP contribution in [0.5, 0.6) is 0 Å². The highest BCUT2D eigenvalue weighted by molar-refractivity contribution is 7.89. The van der Waals surface area contributed by atoms with Crippen molar-refractivity contribution in [2.45, 2.75) is 6.04 Å². The van der Waals surface area contributed by atoms with E-state index >= 15 is 0 Å². The van der Waals surface area contributed by atoms with Gasteiger partial charge >= 0.3 is 0 Å². The summed E-state index contributed by atoms with van der Waals surface area (Å²) >= 11 is 0. The number of para-hydroxylation sites is 1. The third-order valence-corrected chi connectivity index (χ3v) is 6.31. The highest BCUT2D eigenvalue weighted by Gasteiger charge is 2.34. The SMILES string of the molecule is CN(C)S(=O)(=O)CC1COCC1NC(=O)c1cnc2ccccc2c1. The van der Waals surface area contributed by atoms with Crippen LogP contribution in [0.2, 0.25) is 0 Å². The van der Waals surface area contributed by atoms with Gasteiger partial charge in [0.25, 0.3) is 5.91 Å². The van der Waals surface area contributed by atoms with E-state index < -0.39 is 10.0 Å². The number of hydrogen-bond donors (Lipinski definition) is 1. The Bertz CT molecular complexity index is 882. The maximum absolute atomic E-state index is 12.5. The Kier molecular flexibility index (Phi) is 5.03. The number of sulfonamides is 1. The number of aromatic nitrogens is 1. The van der Waals surface area contributed by atoms with Crippen molar-refractivity contribution in [3.8, 4) is 0 Å². The minimum Gasteiger partial charge on any atom is -0.379 e. The summed E-state index contributed by atoms with van der Waals surface area (Å²) in [5, 5.41) is 3.76. The van der Waals surface area contributed by atoms with Gasteiger partial charge in [0, 0.05) is 31.6 Å². The highest BCUT2D eigenvalue weighted by Crippen LogP contribution is 2.18. The molecule has 1 N–H and O–H groups in total. The monoisotopic (exact) mass is 363 g/mol. The van der Waals surface area contributed by atoms with E-state index in [1.165, 1.54) is 24.6 Å². The molecule has 1 aliphatic heterocycles. The zero-order valence-corrected chi connectivity index (χ0v) is 15.0. The number of pyridine rings is 1. The van der Waals surface area contributed by atoms with Crippen molar-refractivity contribution in [3.63, 3.8) is 0 Å². The molecule has 134 valence electrons. The Morgan fingerprint density at radius 1 is 1.32 bits per heavy atom. The minimum absolute atomic E-state index is 0.0546. The number of fused-ring (bicyclic) bond motifs is 1. The van der Waals surface area contributed by atoms with Crippen molar-refractivity contribution in [3.05, 3.63) is 42.1 Å². The fourth-order valence-electron chi connectivity index (χ4n) is 2.79. The van der Waals surface area contributed by atoms with Crippen molar-refractivity contribution >= 4 is 26.8 Å². The first-order valence-corrected chi connectivity index (χ1v) is 9.61. The van der Waals surface area contributed by atoms with E-state index in [4.69, 9.17) is 4.74 Å². The number of nitrogens with one attached hydrogen (secondary N) is 1.